The van der Waals surface area contributed by atoms with Crippen molar-refractivity contribution in [3.05, 3.63) is 65.2 Å². The molecular weight excluding hydrogens is 348 g/mol. The van der Waals surface area contributed by atoms with Crippen LogP contribution in [0.4, 0.5) is 5.69 Å². The van der Waals surface area contributed by atoms with Gasteiger partial charge in [0.1, 0.15) is 5.75 Å². The second-order valence-corrected chi connectivity index (χ2v) is 7.70. The fourth-order valence-corrected chi connectivity index (χ4v) is 4.04. The van der Waals surface area contributed by atoms with Crippen molar-refractivity contribution in [1.29, 1.82) is 0 Å². The summed E-state index contributed by atoms with van der Waals surface area (Å²) in [5, 5.41) is 3.00. The molecule has 28 heavy (non-hydrogen) atoms. The van der Waals surface area contributed by atoms with E-state index >= 15 is 0 Å². The molecule has 1 amide bonds. The quantitative estimate of drug-likeness (QED) is 0.791. The number of hydrogen-bond donors (Lipinski definition) is 1. The highest BCUT2D eigenvalue weighted by atomic mass is 16.5. The maximum absolute atomic E-state index is 12.3. The number of rotatable bonds is 5. The van der Waals surface area contributed by atoms with E-state index in [-0.39, 0.29) is 5.91 Å². The number of fused-ring (bicyclic) bond motifs is 1. The molecule has 4 heteroatoms. The van der Waals surface area contributed by atoms with Crippen LogP contribution in [0.1, 0.15) is 36.0 Å². The third kappa shape index (κ3) is 4.45. The molecule has 0 spiro atoms. The van der Waals surface area contributed by atoms with Crippen molar-refractivity contribution in [2.75, 3.05) is 25.5 Å². The van der Waals surface area contributed by atoms with Gasteiger partial charge in [-0.1, -0.05) is 24.6 Å². The highest BCUT2D eigenvalue weighted by Crippen LogP contribution is 2.28. The first-order valence-electron chi connectivity index (χ1n) is 10.2. The molecule has 146 valence electrons. The van der Waals surface area contributed by atoms with Gasteiger partial charge >= 0.3 is 0 Å². The minimum Gasteiger partial charge on any atom is -0.497 e. The number of carbonyl (C=O) groups is 1. The maximum atomic E-state index is 12.3. The zero-order chi connectivity index (χ0) is 19.3. The standard InChI is InChI=1S/C24H28N2O2/c1-28-23-7-2-4-18(16-23)8-11-24(27)25-21-10-9-19-12-14-26(22-5-3-6-22)15-13-20(19)17-21/h2,4,7-11,16-17,22H,3,5-6,12-15H2,1H3,(H,25,27). The second-order valence-electron chi connectivity index (χ2n) is 7.70. The van der Waals surface area contributed by atoms with Crippen LogP contribution in [0.5, 0.6) is 5.75 Å². The lowest BCUT2D eigenvalue weighted by Gasteiger charge is -2.36. The number of nitrogens with zero attached hydrogens (tertiary/aromatic N) is 1. The second kappa shape index (κ2) is 8.61. The predicted molar refractivity (Wildman–Crippen MR) is 114 cm³/mol. The third-order valence-electron chi connectivity index (χ3n) is 5.92. The molecule has 2 aromatic carbocycles. The molecule has 1 N–H and O–H groups in total. The number of methoxy groups -OCH3 is 1. The molecule has 0 radical (unpaired) electrons. The molecule has 0 bridgehead atoms. The third-order valence-corrected chi connectivity index (χ3v) is 5.92. The Balaban J connectivity index is 1.38. The largest absolute Gasteiger partial charge is 0.497 e. The molecule has 1 heterocycles. The van der Waals surface area contributed by atoms with Crippen LogP contribution in [-0.4, -0.2) is 37.0 Å². The van der Waals surface area contributed by atoms with Crippen LogP contribution >= 0.6 is 0 Å². The van der Waals surface area contributed by atoms with Crippen LogP contribution in [0, 0.1) is 0 Å². The van der Waals surface area contributed by atoms with Crippen LogP contribution in [-0.2, 0) is 17.6 Å². The molecule has 4 rings (SSSR count). The number of hydrogen-bond acceptors (Lipinski definition) is 3. The molecule has 0 unspecified atom stereocenters. The number of benzene rings is 2. The van der Waals surface area contributed by atoms with E-state index in [1.165, 1.54) is 30.4 Å². The SMILES string of the molecule is COc1cccc(C=CC(=O)Nc2ccc3c(c2)CCN(C2CCC2)CC3)c1. The first kappa shape index (κ1) is 18.8. The van der Waals surface area contributed by atoms with E-state index in [9.17, 15) is 4.79 Å². The van der Waals surface area contributed by atoms with E-state index in [1.807, 2.05) is 30.3 Å². The van der Waals surface area contributed by atoms with Crippen molar-refractivity contribution < 1.29 is 9.53 Å². The number of amides is 1. The zero-order valence-electron chi connectivity index (χ0n) is 16.5. The van der Waals surface area contributed by atoms with Gasteiger partial charge in [-0.05, 0) is 72.7 Å². The molecule has 4 nitrogen and oxygen atoms in total. The molecule has 1 aliphatic carbocycles. The van der Waals surface area contributed by atoms with Crippen molar-refractivity contribution in [3.8, 4) is 5.75 Å². The van der Waals surface area contributed by atoms with Crippen molar-refractivity contribution in [3.63, 3.8) is 0 Å². The van der Waals surface area contributed by atoms with E-state index in [2.05, 4.69) is 22.3 Å². The van der Waals surface area contributed by atoms with Crippen molar-refractivity contribution in [1.82, 2.24) is 4.90 Å². The Bertz CT molecular complexity index is 871. The zero-order valence-corrected chi connectivity index (χ0v) is 16.5. The summed E-state index contributed by atoms with van der Waals surface area (Å²) in [6.45, 7) is 2.29. The lowest BCUT2D eigenvalue weighted by atomic mass is 9.91. The number of anilines is 1. The van der Waals surface area contributed by atoms with Gasteiger partial charge in [0.05, 0.1) is 7.11 Å². The van der Waals surface area contributed by atoms with Gasteiger partial charge in [0.2, 0.25) is 5.91 Å². The number of carbonyl (C=O) groups excluding carboxylic acids is 1. The van der Waals surface area contributed by atoms with E-state index in [1.54, 1.807) is 19.3 Å². The molecular formula is C24H28N2O2. The van der Waals surface area contributed by atoms with E-state index in [0.717, 1.165) is 49.0 Å². The minimum absolute atomic E-state index is 0.118. The van der Waals surface area contributed by atoms with Gasteiger partial charge in [-0.15, -0.1) is 0 Å². The van der Waals surface area contributed by atoms with Crippen LogP contribution in [0.25, 0.3) is 6.08 Å². The molecule has 1 aliphatic heterocycles. The maximum Gasteiger partial charge on any atom is 0.248 e. The summed E-state index contributed by atoms with van der Waals surface area (Å²) in [7, 11) is 1.64. The van der Waals surface area contributed by atoms with Gasteiger partial charge in [0.15, 0.2) is 0 Å². The van der Waals surface area contributed by atoms with Crippen molar-refractivity contribution in [2.45, 2.75) is 38.1 Å². The van der Waals surface area contributed by atoms with Gasteiger partial charge in [0, 0.05) is 30.9 Å². The molecule has 0 atom stereocenters. The minimum atomic E-state index is -0.118. The Labute approximate surface area is 167 Å². The van der Waals surface area contributed by atoms with Crippen LogP contribution < -0.4 is 10.1 Å². The van der Waals surface area contributed by atoms with Gasteiger partial charge in [0.25, 0.3) is 0 Å². The molecule has 1 saturated carbocycles. The highest BCUT2D eigenvalue weighted by molar-refractivity contribution is 6.02. The first-order valence-corrected chi connectivity index (χ1v) is 10.2. The topological polar surface area (TPSA) is 41.6 Å². The Morgan fingerprint density at radius 1 is 1.11 bits per heavy atom. The normalized spacial score (nSPS) is 17.6. The summed E-state index contributed by atoms with van der Waals surface area (Å²) in [6, 6.07) is 14.8. The van der Waals surface area contributed by atoms with E-state index in [4.69, 9.17) is 4.74 Å². The first-order chi connectivity index (χ1) is 13.7. The van der Waals surface area contributed by atoms with E-state index in [0.29, 0.717) is 0 Å². The van der Waals surface area contributed by atoms with Crippen molar-refractivity contribution >= 4 is 17.7 Å². The molecule has 0 aromatic heterocycles. The molecule has 1 fully saturated rings. The fourth-order valence-electron chi connectivity index (χ4n) is 4.04. The summed E-state index contributed by atoms with van der Waals surface area (Å²) < 4.78 is 5.22. The Hall–Kier alpha value is -2.59. The average Bonchev–Trinajstić information content (AvgIpc) is 2.88. The lowest BCUT2D eigenvalue weighted by molar-refractivity contribution is -0.111. The average molecular weight is 377 g/mol. The predicted octanol–water partition coefficient (Wildman–Crippen LogP) is 4.30. The number of nitrogens with one attached hydrogen (secondary N) is 1. The Morgan fingerprint density at radius 3 is 2.68 bits per heavy atom. The summed E-state index contributed by atoms with van der Waals surface area (Å²) >= 11 is 0. The van der Waals surface area contributed by atoms with Crippen LogP contribution in [0.3, 0.4) is 0 Å². The van der Waals surface area contributed by atoms with E-state index < -0.39 is 0 Å². The fraction of sp³-hybridized carbons (Fsp3) is 0.375. The Morgan fingerprint density at radius 2 is 1.93 bits per heavy atom. The van der Waals surface area contributed by atoms with Gasteiger partial charge in [-0.2, -0.15) is 0 Å². The molecule has 0 saturated heterocycles. The smallest absolute Gasteiger partial charge is 0.248 e. The Kier molecular flexibility index (Phi) is 5.77. The van der Waals surface area contributed by atoms with Gasteiger partial charge in [-0.25, -0.2) is 0 Å². The molecule has 2 aromatic rings. The molecule has 2 aliphatic rings. The highest BCUT2D eigenvalue weighted by Gasteiger charge is 2.26. The summed E-state index contributed by atoms with van der Waals surface area (Å²) in [6.07, 6.45) is 9.64. The summed E-state index contributed by atoms with van der Waals surface area (Å²) in [5.41, 5.74) is 4.60. The van der Waals surface area contributed by atoms with Gasteiger partial charge < -0.3 is 10.1 Å². The summed E-state index contributed by atoms with van der Waals surface area (Å²) in [4.78, 5) is 15.0. The van der Waals surface area contributed by atoms with Crippen LogP contribution in [0.15, 0.2) is 48.5 Å². The monoisotopic (exact) mass is 376 g/mol. The number of ether oxygens (including phenoxy) is 1. The lowest BCUT2D eigenvalue weighted by Crippen LogP contribution is -2.41. The summed E-state index contributed by atoms with van der Waals surface area (Å²) in [5.74, 6) is 0.664. The van der Waals surface area contributed by atoms with Gasteiger partial charge in [-0.3, -0.25) is 9.69 Å². The van der Waals surface area contributed by atoms with Crippen LogP contribution in [0.2, 0.25) is 0 Å². The van der Waals surface area contributed by atoms with Crippen molar-refractivity contribution in [2.24, 2.45) is 0 Å².